The third-order valence-corrected chi connectivity index (χ3v) is 4.47. The van der Waals surface area contributed by atoms with E-state index in [0.29, 0.717) is 21.3 Å². The molecular formula is C22H15BrFNO4. The van der Waals surface area contributed by atoms with Crippen LogP contribution in [0, 0.1) is 5.82 Å². The summed E-state index contributed by atoms with van der Waals surface area (Å²) in [5.74, 6) is -1.89. The maximum Gasteiger partial charge on any atom is 0.352 e. The Balaban J connectivity index is 1.77. The normalized spacial score (nSPS) is 11.0. The molecule has 0 aliphatic heterocycles. The van der Waals surface area contributed by atoms with Crippen LogP contribution in [0.3, 0.4) is 0 Å². The van der Waals surface area contributed by atoms with Gasteiger partial charge in [0, 0.05) is 5.56 Å². The molecule has 0 aromatic heterocycles. The van der Waals surface area contributed by atoms with Gasteiger partial charge in [0.15, 0.2) is 11.6 Å². The molecule has 7 heteroatoms. The van der Waals surface area contributed by atoms with Crippen molar-refractivity contribution < 1.29 is 23.8 Å². The lowest BCUT2D eigenvalue weighted by Gasteiger charge is -2.09. The fraction of sp³-hybridized carbons (Fsp3) is 0. The summed E-state index contributed by atoms with van der Waals surface area (Å²) in [4.78, 5) is 23.7. The Labute approximate surface area is 174 Å². The second-order valence-corrected chi connectivity index (χ2v) is 6.76. The Morgan fingerprint density at radius 2 is 1.66 bits per heavy atom. The number of para-hydroxylation sites is 1. The molecule has 0 fully saturated rings. The van der Waals surface area contributed by atoms with Crippen molar-refractivity contribution in [1.29, 1.82) is 0 Å². The smallest absolute Gasteiger partial charge is 0.352 e. The Kier molecular flexibility index (Phi) is 6.41. The topological polar surface area (TPSA) is 75.6 Å². The summed E-state index contributed by atoms with van der Waals surface area (Å²) in [5.41, 5.74) is 0.596. The summed E-state index contributed by atoms with van der Waals surface area (Å²) < 4.78 is 19.9. The largest absolute Gasteiger partial charge is 0.477 e. The SMILES string of the molecule is O=C(O)/C(=C\c1ccc(Oc2c(F)cccc2Br)cc1)NC(=O)c1ccccc1. The number of rotatable bonds is 6. The highest BCUT2D eigenvalue weighted by Crippen LogP contribution is 2.32. The van der Waals surface area contributed by atoms with Gasteiger partial charge in [0.1, 0.15) is 11.4 Å². The van der Waals surface area contributed by atoms with Gasteiger partial charge in [-0.2, -0.15) is 0 Å². The monoisotopic (exact) mass is 455 g/mol. The van der Waals surface area contributed by atoms with E-state index in [1.54, 1.807) is 66.7 Å². The predicted octanol–water partition coefficient (Wildman–Crippen LogP) is 5.24. The van der Waals surface area contributed by atoms with Crippen LogP contribution in [0.2, 0.25) is 0 Å². The molecule has 0 spiro atoms. The number of amides is 1. The number of carbonyl (C=O) groups excluding carboxylic acids is 1. The van der Waals surface area contributed by atoms with Gasteiger partial charge in [-0.25, -0.2) is 9.18 Å². The van der Waals surface area contributed by atoms with E-state index in [1.165, 1.54) is 12.1 Å². The molecule has 146 valence electrons. The van der Waals surface area contributed by atoms with Gasteiger partial charge in [-0.1, -0.05) is 36.4 Å². The highest BCUT2D eigenvalue weighted by Gasteiger charge is 2.13. The molecule has 1 amide bonds. The molecule has 0 radical (unpaired) electrons. The van der Waals surface area contributed by atoms with Crippen LogP contribution in [-0.2, 0) is 4.79 Å². The van der Waals surface area contributed by atoms with Gasteiger partial charge < -0.3 is 15.2 Å². The number of aliphatic carboxylic acids is 1. The number of hydrogen-bond donors (Lipinski definition) is 2. The van der Waals surface area contributed by atoms with Gasteiger partial charge in [0.05, 0.1) is 4.47 Å². The minimum atomic E-state index is -1.27. The van der Waals surface area contributed by atoms with E-state index in [4.69, 9.17) is 4.74 Å². The molecule has 0 saturated carbocycles. The van der Waals surface area contributed by atoms with Crippen LogP contribution in [0.25, 0.3) is 6.08 Å². The van der Waals surface area contributed by atoms with Gasteiger partial charge in [0.25, 0.3) is 5.91 Å². The third-order valence-electron chi connectivity index (χ3n) is 3.84. The lowest BCUT2D eigenvalue weighted by molar-refractivity contribution is -0.132. The predicted molar refractivity (Wildman–Crippen MR) is 110 cm³/mol. The van der Waals surface area contributed by atoms with Crippen LogP contribution < -0.4 is 10.1 Å². The zero-order chi connectivity index (χ0) is 20.8. The first kappa shape index (κ1) is 20.3. The van der Waals surface area contributed by atoms with Crippen molar-refractivity contribution in [2.24, 2.45) is 0 Å². The van der Waals surface area contributed by atoms with E-state index >= 15 is 0 Å². The van der Waals surface area contributed by atoms with Crippen molar-refractivity contribution in [1.82, 2.24) is 5.32 Å². The molecule has 29 heavy (non-hydrogen) atoms. The lowest BCUT2D eigenvalue weighted by atomic mass is 10.1. The molecule has 0 saturated heterocycles. The fourth-order valence-corrected chi connectivity index (χ4v) is 2.85. The molecule has 0 atom stereocenters. The van der Waals surface area contributed by atoms with Crippen LogP contribution >= 0.6 is 15.9 Å². The number of hydrogen-bond acceptors (Lipinski definition) is 3. The Morgan fingerprint density at radius 3 is 2.28 bits per heavy atom. The fourth-order valence-electron chi connectivity index (χ4n) is 2.43. The molecule has 0 aliphatic rings. The van der Waals surface area contributed by atoms with Crippen molar-refractivity contribution in [3.63, 3.8) is 0 Å². The van der Waals surface area contributed by atoms with Gasteiger partial charge in [-0.05, 0) is 64.0 Å². The molecule has 0 aliphatic carbocycles. The van der Waals surface area contributed by atoms with Gasteiger partial charge in [-0.15, -0.1) is 0 Å². The molecule has 2 N–H and O–H groups in total. The maximum atomic E-state index is 13.9. The third kappa shape index (κ3) is 5.30. The first-order chi connectivity index (χ1) is 13.9. The molecule has 0 unspecified atom stereocenters. The van der Waals surface area contributed by atoms with Crippen LogP contribution in [-0.4, -0.2) is 17.0 Å². The first-order valence-electron chi connectivity index (χ1n) is 8.47. The maximum absolute atomic E-state index is 13.9. The lowest BCUT2D eigenvalue weighted by Crippen LogP contribution is -2.27. The van der Waals surface area contributed by atoms with E-state index in [2.05, 4.69) is 21.2 Å². The van der Waals surface area contributed by atoms with E-state index in [0.717, 1.165) is 0 Å². The van der Waals surface area contributed by atoms with Gasteiger partial charge >= 0.3 is 5.97 Å². The average Bonchev–Trinajstić information content (AvgIpc) is 2.72. The summed E-state index contributed by atoms with van der Waals surface area (Å²) in [7, 11) is 0. The van der Waals surface area contributed by atoms with Crippen LogP contribution in [0.5, 0.6) is 11.5 Å². The van der Waals surface area contributed by atoms with E-state index in [9.17, 15) is 19.1 Å². The highest BCUT2D eigenvalue weighted by molar-refractivity contribution is 9.10. The molecule has 5 nitrogen and oxygen atoms in total. The summed E-state index contributed by atoms with van der Waals surface area (Å²) in [5, 5.41) is 11.8. The second kappa shape index (κ2) is 9.16. The summed E-state index contributed by atoms with van der Waals surface area (Å²) in [6.07, 6.45) is 1.33. The van der Waals surface area contributed by atoms with Gasteiger partial charge in [-0.3, -0.25) is 4.79 Å². The molecular weight excluding hydrogens is 441 g/mol. The van der Waals surface area contributed by atoms with Crippen molar-refractivity contribution >= 4 is 33.9 Å². The van der Waals surface area contributed by atoms with E-state index in [-0.39, 0.29) is 11.4 Å². The zero-order valence-corrected chi connectivity index (χ0v) is 16.5. The number of nitrogens with one attached hydrogen (secondary N) is 1. The zero-order valence-electron chi connectivity index (χ0n) is 14.9. The standard InChI is InChI=1S/C22H15BrFNO4/c23-17-7-4-8-18(24)20(17)29-16-11-9-14(10-12-16)13-19(22(27)28)25-21(26)15-5-2-1-3-6-15/h1-13H,(H,25,26)(H,27,28)/b19-13+. The number of carbonyl (C=O) groups is 2. The van der Waals surface area contributed by atoms with E-state index < -0.39 is 17.7 Å². The Hall–Kier alpha value is -3.45. The van der Waals surface area contributed by atoms with Crippen molar-refractivity contribution in [3.05, 3.63) is 99.9 Å². The van der Waals surface area contributed by atoms with Crippen molar-refractivity contribution in [2.75, 3.05) is 0 Å². The molecule has 3 aromatic rings. The number of ether oxygens (including phenoxy) is 1. The average molecular weight is 456 g/mol. The molecule has 0 heterocycles. The van der Waals surface area contributed by atoms with Gasteiger partial charge in [0.2, 0.25) is 0 Å². The minimum Gasteiger partial charge on any atom is -0.477 e. The number of carboxylic acid groups (broad SMARTS) is 1. The van der Waals surface area contributed by atoms with Crippen LogP contribution in [0.1, 0.15) is 15.9 Å². The Bertz CT molecular complexity index is 1050. The quantitative estimate of drug-likeness (QED) is 0.498. The molecule has 3 aromatic carbocycles. The van der Waals surface area contributed by atoms with Crippen molar-refractivity contribution in [2.45, 2.75) is 0 Å². The Morgan fingerprint density at radius 1 is 0.966 bits per heavy atom. The number of carboxylic acids is 1. The number of halogens is 2. The second-order valence-electron chi connectivity index (χ2n) is 5.91. The first-order valence-corrected chi connectivity index (χ1v) is 9.26. The highest BCUT2D eigenvalue weighted by atomic mass is 79.9. The number of benzene rings is 3. The van der Waals surface area contributed by atoms with E-state index in [1.807, 2.05) is 0 Å². The summed E-state index contributed by atoms with van der Waals surface area (Å²) >= 11 is 3.23. The van der Waals surface area contributed by atoms with Crippen LogP contribution in [0.4, 0.5) is 4.39 Å². The molecule has 3 rings (SSSR count). The minimum absolute atomic E-state index is 0.0529. The van der Waals surface area contributed by atoms with Crippen LogP contribution in [0.15, 0.2) is 83.0 Å². The summed E-state index contributed by atoms with van der Waals surface area (Å²) in [6.45, 7) is 0. The summed E-state index contributed by atoms with van der Waals surface area (Å²) in [6, 6.07) is 19.1. The van der Waals surface area contributed by atoms with Crippen molar-refractivity contribution in [3.8, 4) is 11.5 Å². The molecule has 0 bridgehead atoms.